The lowest BCUT2D eigenvalue weighted by Gasteiger charge is -2.24. The van der Waals surface area contributed by atoms with E-state index in [0.717, 1.165) is 32.7 Å². The van der Waals surface area contributed by atoms with Crippen molar-refractivity contribution >= 4 is 33.2 Å². The molecule has 1 rings (SSSR count). The molecule has 29 heavy (non-hydrogen) atoms. The van der Waals surface area contributed by atoms with Crippen molar-refractivity contribution in [1.82, 2.24) is 4.31 Å². The molecule has 0 fully saturated rings. The van der Waals surface area contributed by atoms with Crippen LogP contribution in [-0.4, -0.2) is 55.9 Å². The van der Waals surface area contributed by atoms with Crippen LogP contribution in [0.1, 0.15) is 33.1 Å². The summed E-state index contributed by atoms with van der Waals surface area (Å²) in [5.41, 5.74) is -1.70. The maximum atomic E-state index is 12.6. The van der Waals surface area contributed by atoms with Crippen molar-refractivity contribution in [3.05, 3.63) is 32.4 Å². The third kappa shape index (κ3) is 5.31. The van der Waals surface area contributed by atoms with Gasteiger partial charge < -0.3 is 9.64 Å². The molecule has 0 aliphatic carbocycles. The molecule has 0 aliphatic heterocycles. The van der Waals surface area contributed by atoms with E-state index >= 15 is 0 Å². The summed E-state index contributed by atoms with van der Waals surface area (Å²) in [6, 6.07) is 1.46. The number of rotatable bonds is 10. The van der Waals surface area contributed by atoms with E-state index in [1.54, 1.807) is 0 Å². The Morgan fingerprint density at radius 2 is 1.59 bits per heavy atom. The second-order valence-electron chi connectivity index (χ2n) is 6.11. The van der Waals surface area contributed by atoms with E-state index in [4.69, 9.17) is 0 Å². The van der Waals surface area contributed by atoms with Crippen LogP contribution in [0.15, 0.2) is 17.0 Å². The average molecular weight is 432 g/mol. The lowest BCUT2D eigenvalue weighted by Crippen LogP contribution is -2.33. The fourth-order valence-corrected chi connectivity index (χ4v) is 3.78. The van der Waals surface area contributed by atoms with Crippen molar-refractivity contribution in [3.63, 3.8) is 0 Å². The number of nitro benzene ring substituents is 2. The lowest BCUT2D eigenvalue weighted by molar-refractivity contribution is -0.393. The van der Waals surface area contributed by atoms with Crippen molar-refractivity contribution in [2.45, 2.75) is 38.0 Å². The second-order valence-corrected chi connectivity index (χ2v) is 8.08. The van der Waals surface area contributed by atoms with Gasteiger partial charge in [-0.2, -0.15) is 0 Å². The van der Waals surface area contributed by atoms with Gasteiger partial charge in [0.15, 0.2) is 5.69 Å². The number of methoxy groups -OCH3 is 1. The van der Waals surface area contributed by atoms with Crippen LogP contribution in [0.2, 0.25) is 0 Å². The van der Waals surface area contributed by atoms with Gasteiger partial charge in [0.05, 0.1) is 17.0 Å². The average Bonchev–Trinajstić information content (AvgIpc) is 2.68. The molecule has 1 aromatic rings. The van der Waals surface area contributed by atoms with E-state index in [0.29, 0.717) is 25.9 Å². The number of nitrogens with zero attached hydrogens (tertiary/aromatic N) is 4. The summed E-state index contributed by atoms with van der Waals surface area (Å²) in [6.45, 7) is 4.38. The number of unbranched alkanes of at least 4 members (excludes halogenated alkanes) is 1. The Morgan fingerprint density at radius 3 is 1.97 bits per heavy atom. The van der Waals surface area contributed by atoms with Crippen LogP contribution in [0.3, 0.4) is 0 Å². The molecule has 0 N–H and O–H groups in total. The molecule has 13 heteroatoms. The van der Waals surface area contributed by atoms with E-state index in [1.807, 2.05) is 13.8 Å². The summed E-state index contributed by atoms with van der Waals surface area (Å²) in [6.07, 6.45) is 0.732. The topological polar surface area (TPSA) is 153 Å². The van der Waals surface area contributed by atoms with Gasteiger partial charge in [0.2, 0.25) is 0 Å². The van der Waals surface area contributed by atoms with Gasteiger partial charge in [-0.3, -0.25) is 20.2 Å². The zero-order chi connectivity index (χ0) is 22.4. The second kappa shape index (κ2) is 10.0. The number of hydrogen-bond acceptors (Lipinski definition) is 9. The first kappa shape index (κ1) is 24.1. The van der Waals surface area contributed by atoms with Crippen molar-refractivity contribution in [2.24, 2.45) is 0 Å². The maximum Gasteiger partial charge on any atom is 0.423 e. The SMILES string of the molecule is CCCCN(CCC)c1c([N+](=O)[O-])cc(S(=O)(=O)N(C)C(=O)OC)cc1[N+](=O)[O-]. The van der Waals surface area contributed by atoms with E-state index in [1.165, 1.54) is 4.90 Å². The van der Waals surface area contributed by atoms with Gasteiger partial charge in [-0.1, -0.05) is 20.3 Å². The molecular weight excluding hydrogens is 408 g/mol. The Hall–Kier alpha value is -2.96. The molecule has 0 heterocycles. The van der Waals surface area contributed by atoms with E-state index in [-0.39, 0.29) is 9.99 Å². The van der Waals surface area contributed by atoms with E-state index in [9.17, 15) is 33.4 Å². The van der Waals surface area contributed by atoms with Crippen molar-refractivity contribution in [3.8, 4) is 0 Å². The highest BCUT2D eigenvalue weighted by atomic mass is 32.2. The Bertz CT molecular complexity index is 852. The van der Waals surface area contributed by atoms with Gasteiger partial charge >= 0.3 is 17.5 Å². The summed E-state index contributed by atoms with van der Waals surface area (Å²) in [5.74, 6) is 0. The molecule has 0 spiro atoms. The number of nitro groups is 2. The molecule has 12 nitrogen and oxygen atoms in total. The highest BCUT2D eigenvalue weighted by Gasteiger charge is 2.36. The molecule has 0 radical (unpaired) electrons. The minimum absolute atomic E-state index is 0.219. The molecule has 0 saturated carbocycles. The van der Waals surface area contributed by atoms with Gasteiger partial charge in [-0.25, -0.2) is 17.5 Å². The summed E-state index contributed by atoms with van der Waals surface area (Å²) in [4.78, 5) is 34.0. The number of benzene rings is 1. The van der Waals surface area contributed by atoms with Crippen LogP contribution in [0.5, 0.6) is 0 Å². The Kier molecular flexibility index (Phi) is 8.30. The monoisotopic (exact) mass is 432 g/mol. The normalized spacial score (nSPS) is 11.0. The number of anilines is 1. The minimum Gasteiger partial charge on any atom is -0.452 e. The summed E-state index contributed by atoms with van der Waals surface area (Å²) in [5, 5.41) is 23.3. The van der Waals surface area contributed by atoms with Crippen molar-refractivity contribution in [1.29, 1.82) is 0 Å². The lowest BCUT2D eigenvalue weighted by atomic mass is 10.1. The maximum absolute atomic E-state index is 12.6. The predicted molar refractivity (Wildman–Crippen MR) is 105 cm³/mol. The Labute approximate surface area is 168 Å². The Balaban J connectivity index is 3.79. The molecular formula is C16H24N4O8S. The third-order valence-corrected chi connectivity index (χ3v) is 5.82. The summed E-state index contributed by atoms with van der Waals surface area (Å²) in [7, 11) is -2.76. The van der Waals surface area contributed by atoms with Crippen LogP contribution in [-0.2, 0) is 14.8 Å². The van der Waals surface area contributed by atoms with E-state index in [2.05, 4.69) is 4.74 Å². The minimum atomic E-state index is -4.60. The summed E-state index contributed by atoms with van der Waals surface area (Å²) < 4.78 is 29.8. The first-order valence-electron chi connectivity index (χ1n) is 8.81. The van der Waals surface area contributed by atoms with Crippen LogP contribution >= 0.6 is 0 Å². The highest BCUT2D eigenvalue weighted by molar-refractivity contribution is 7.89. The van der Waals surface area contributed by atoms with Gasteiger partial charge in [0, 0.05) is 32.3 Å². The van der Waals surface area contributed by atoms with Gasteiger partial charge in [-0.15, -0.1) is 0 Å². The van der Waals surface area contributed by atoms with Crippen molar-refractivity contribution < 1.29 is 27.8 Å². The van der Waals surface area contributed by atoms with Crippen LogP contribution in [0, 0.1) is 20.2 Å². The van der Waals surface area contributed by atoms with Gasteiger partial charge in [-0.05, 0) is 12.8 Å². The molecule has 0 aliphatic rings. The fourth-order valence-electron chi connectivity index (χ4n) is 2.67. The number of sulfonamides is 1. The quantitative estimate of drug-likeness (QED) is 0.401. The fraction of sp³-hybridized carbons (Fsp3) is 0.562. The van der Waals surface area contributed by atoms with Gasteiger partial charge in [0.1, 0.15) is 4.90 Å². The smallest absolute Gasteiger partial charge is 0.423 e. The van der Waals surface area contributed by atoms with Crippen molar-refractivity contribution in [2.75, 3.05) is 32.1 Å². The number of carbonyl (C=O) groups is 1. The van der Waals surface area contributed by atoms with Gasteiger partial charge in [0.25, 0.3) is 10.0 Å². The molecule has 0 bridgehead atoms. The largest absolute Gasteiger partial charge is 0.452 e. The number of hydrogen-bond donors (Lipinski definition) is 0. The number of carbonyl (C=O) groups excluding carboxylic acids is 1. The first-order chi connectivity index (χ1) is 13.5. The molecule has 1 amide bonds. The van der Waals surface area contributed by atoms with E-state index < -0.39 is 42.2 Å². The molecule has 0 atom stereocenters. The molecule has 0 saturated heterocycles. The molecule has 1 aromatic carbocycles. The van der Waals surface area contributed by atoms with Crippen LogP contribution < -0.4 is 4.90 Å². The zero-order valence-corrected chi connectivity index (χ0v) is 17.5. The first-order valence-corrected chi connectivity index (χ1v) is 10.2. The zero-order valence-electron chi connectivity index (χ0n) is 16.7. The highest BCUT2D eigenvalue weighted by Crippen LogP contribution is 2.40. The standard InChI is InChI=1S/C16H24N4O8S/c1-5-7-9-18(8-6-2)15-13(19(22)23)10-12(11-14(15)20(24)25)29(26,27)17(3)16(21)28-4/h10-11H,5-9H2,1-4H3. The Morgan fingerprint density at radius 1 is 1.07 bits per heavy atom. The number of ether oxygens (including phenoxy) is 1. The van der Waals surface area contributed by atoms with Crippen LogP contribution in [0.4, 0.5) is 21.9 Å². The molecule has 162 valence electrons. The molecule has 0 aromatic heterocycles. The third-order valence-electron chi connectivity index (χ3n) is 4.12. The predicted octanol–water partition coefficient (Wildman–Crippen LogP) is 2.91. The molecule has 0 unspecified atom stereocenters. The number of amides is 1. The summed E-state index contributed by atoms with van der Waals surface area (Å²) >= 11 is 0. The van der Waals surface area contributed by atoms with Crippen LogP contribution in [0.25, 0.3) is 0 Å².